The fourth-order valence-corrected chi connectivity index (χ4v) is 8.40. The van der Waals surface area contributed by atoms with Crippen molar-refractivity contribution in [3.63, 3.8) is 0 Å². The minimum Gasteiger partial charge on any atom is -0.394 e. The van der Waals surface area contributed by atoms with Crippen LogP contribution in [0, 0.1) is 0 Å². The molecule has 68 heavy (non-hydrogen) atoms. The molecule has 3 rings (SSSR count). The highest BCUT2D eigenvalue weighted by atomic mass is 16.8. The summed E-state index contributed by atoms with van der Waals surface area (Å²) in [5.41, 5.74) is 0. The van der Waals surface area contributed by atoms with Crippen molar-refractivity contribution < 1.29 is 89.4 Å². The van der Waals surface area contributed by atoms with Gasteiger partial charge in [0.1, 0.15) is 73.2 Å². The van der Waals surface area contributed by atoms with E-state index >= 15 is 0 Å². The molecule has 0 saturated carbocycles. The Morgan fingerprint density at radius 2 is 0.941 bits per heavy atom. The zero-order valence-electron chi connectivity index (χ0n) is 40.3. The van der Waals surface area contributed by atoms with Crippen molar-refractivity contribution in [2.75, 3.05) is 26.4 Å². The molecule has 1 amide bonds. The Hall–Kier alpha value is -1.99. The summed E-state index contributed by atoms with van der Waals surface area (Å²) in [6.45, 7) is 1.56. The predicted molar refractivity (Wildman–Crippen MR) is 249 cm³/mol. The standard InChI is InChI=1S/C49H87NO18/c1-3-5-7-9-11-12-13-14-15-16-17-18-19-20-21-22-24-26-33(54)32(50-37(55)27-25-23-10-8-6-4-2)31-63-47-43(61)40(58)45(35(29-52)65-47)68-49-44(62)41(59)46(36(30-53)66-49)67-48-42(60)39(57)38(56)34(28-51)64-48/h15-16,19-20,24,26,32-36,38-49,51-54,56-62H,3-14,17-18,21-23,25,27-31H2,1-2H3,(H,50,55)/b16-15+,20-19+,26-24+. The minimum atomic E-state index is -1.98. The van der Waals surface area contributed by atoms with Gasteiger partial charge in [0.25, 0.3) is 0 Å². The normalized spacial score (nSPS) is 33.5. The second kappa shape index (κ2) is 34.4. The molecule has 12 N–H and O–H groups in total. The van der Waals surface area contributed by atoms with Crippen LogP contribution in [0.25, 0.3) is 0 Å². The summed E-state index contributed by atoms with van der Waals surface area (Å²) in [6, 6.07) is -0.988. The van der Waals surface area contributed by atoms with Gasteiger partial charge in [-0.15, -0.1) is 0 Å². The lowest BCUT2D eigenvalue weighted by Crippen LogP contribution is -2.66. The largest absolute Gasteiger partial charge is 0.394 e. The highest BCUT2D eigenvalue weighted by molar-refractivity contribution is 5.76. The second-order valence-corrected chi connectivity index (χ2v) is 18.3. The monoisotopic (exact) mass is 978 g/mol. The highest BCUT2D eigenvalue weighted by Gasteiger charge is 2.53. The van der Waals surface area contributed by atoms with E-state index in [2.05, 4.69) is 43.5 Å². The minimum absolute atomic E-state index is 0.229. The van der Waals surface area contributed by atoms with Crippen LogP contribution in [-0.4, -0.2) is 193 Å². The Morgan fingerprint density at radius 1 is 0.515 bits per heavy atom. The van der Waals surface area contributed by atoms with Crippen LogP contribution in [-0.2, 0) is 33.2 Å². The number of rotatable bonds is 34. The number of allylic oxidation sites excluding steroid dienone is 5. The third-order valence-corrected chi connectivity index (χ3v) is 12.7. The van der Waals surface area contributed by atoms with Crippen LogP contribution >= 0.6 is 0 Å². The number of aliphatic hydroxyl groups is 11. The zero-order chi connectivity index (χ0) is 49.8. The molecule has 0 radical (unpaired) electrons. The highest BCUT2D eigenvalue weighted by Crippen LogP contribution is 2.33. The maximum atomic E-state index is 13.1. The van der Waals surface area contributed by atoms with Gasteiger partial charge in [-0.05, 0) is 44.9 Å². The summed E-state index contributed by atoms with van der Waals surface area (Å²) in [7, 11) is 0. The number of unbranched alkanes of at least 4 members (excludes halogenated alkanes) is 14. The van der Waals surface area contributed by atoms with Crippen molar-refractivity contribution in [2.24, 2.45) is 0 Å². The van der Waals surface area contributed by atoms with Gasteiger partial charge in [0.05, 0.1) is 38.6 Å². The Balaban J connectivity index is 1.56. The molecule has 0 aromatic carbocycles. The van der Waals surface area contributed by atoms with Gasteiger partial charge in [0, 0.05) is 6.42 Å². The van der Waals surface area contributed by atoms with Crippen molar-refractivity contribution in [1.29, 1.82) is 0 Å². The molecule has 19 nitrogen and oxygen atoms in total. The molecular formula is C49H87NO18. The van der Waals surface area contributed by atoms with Crippen LogP contribution in [0.5, 0.6) is 0 Å². The summed E-state index contributed by atoms with van der Waals surface area (Å²) in [6.07, 6.45) is 4.85. The molecule has 3 aliphatic rings. The third kappa shape index (κ3) is 20.3. The average Bonchev–Trinajstić information content (AvgIpc) is 3.33. The van der Waals surface area contributed by atoms with Crippen molar-refractivity contribution in [3.8, 4) is 0 Å². The first kappa shape index (κ1) is 60.3. The molecule has 396 valence electrons. The SMILES string of the molecule is CCCCCCCCC/C=C/CC/C=C/CC/C=C/C(O)C(COC1OC(CO)C(OC2OC(CO)C(OC3OC(CO)C(O)C(O)C3O)C(O)C2O)C(O)C1O)NC(=O)CCCCCCCC. The van der Waals surface area contributed by atoms with E-state index in [1.807, 2.05) is 6.08 Å². The molecule has 3 saturated heterocycles. The summed E-state index contributed by atoms with van der Waals surface area (Å²) in [5, 5.41) is 119. The molecule has 3 heterocycles. The number of nitrogens with one attached hydrogen (secondary N) is 1. The van der Waals surface area contributed by atoms with Crippen LogP contribution in [0.15, 0.2) is 36.5 Å². The van der Waals surface area contributed by atoms with Crippen LogP contribution in [0.2, 0.25) is 0 Å². The average molecular weight is 978 g/mol. The summed E-state index contributed by atoms with van der Waals surface area (Å²) >= 11 is 0. The maximum Gasteiger partial charge on any atom is 0.220 e. The van der Waals surface area contributed by atoms with Crippen LogP contribution in [0.4, 0.5) is 0 Å². The number of ether oxygens (including phenoxy) is 6. The van der Waals surface area contributed by atoms with E-state index in [1.54, 1.807) is 6.08 Å². The van der Waals surface area contributed by atoms with E-state index in [1.165, 1.54) is 44.9 Å². The molecule has 17 atom stereocenters. The molecular weight excluding hydrogens is 891 g/mol. The summed E-state index contributed by atoms with van der Waals surface area (Å²) in [4.78, 5) is 13.1. The smallest absolute Gasteiger partial charge is 0.220 e. The van der Waals surface area contributed by atoms with Gasteiger partial charge in [-0.3, -0.25) is 4.79 Å². The van der Waals surface area contributed by atoms with Crippen molar-refractivity contribution in [2.45, 2.75) is 240 Å². The molecule has 3 fully saturated rings. The predicted octanol–water partition coefficient (Wildman–Crippen LogP) is 1.42. The first-order valence-electron chi connectivity index (χ1n) is 25.2. The lowest BCUT2D eigenvalue weighted by Gasteiger charge is -2.48. The first-order valence-corrected chi connectivity index (χ1v) is 25.2. The van der Waals surface area contributed by atoms with Crippen LogP contribution < -0.4 is 5.32 Å². The quantitative estimate of drug-likeness (QED) is 0.0321. The third-order valence-electron chi connectivity index (χ3n) is 12.7. The molecule has 0 aliphatic carbocycles. The fraction of sp³-hybridized carbons (Fsp3) is 0.857. The van der Waals surface area contributed by atoms with Gasteiger partial charge in [-0.25, -0.2) is 0 Å². The van der Waals surface area contributed by atoms with E-state index in [4.69, 9.17) is 28.4 Å². The van der Waals surface area contributed by atoms with E-state index in [-0.39, 0.29) is 18.9 Å². The van der Waals surface area contributed by atoms with E-state index in [9.17, 15) is 61.0 Å². The van der Waals surface area contributed by atoms with Gasteiger partial charge in [-0.1, -0.05) is 121 Å². The maximum absolute atomic E-state index is 13.1. The number of hydrogen-bond acceptors (Lipinski definition) is 18. The van der Waals surface area contributed by atoms with Gasteiger partial charge in [0.15, 0.2) is 18.9 Å². The Kier molecular flexibility index (Phi) is 30.5. The second-order valence-electron chi connectivity index (χ2n) is 18.3. The van der Waals surface area contributed by atoms with Crippen molar-refractivity contribution in [1.82, 2.24) is 5.32 Å². The molecule has 0 aromatic heterocycles. The molecule has 0 bridgehead atoms. The van der Waals surface area contributed by atoms with Crippen LogP contribution in [0.1, 0.15) is 136 Å². The lowest BCUT2D eigenvalue weighted by molar-refractivity contribution is -0.379. The fourth-order valence-electron chi connectivity index (χ4n) is 8.40. The van der Waals surface area contributed by atoms with Crippen molar-refractivity contribution in [3.05, 3.63) is 36.5 Å². The van der Waals surface area contributed by atoms with E-state index in [0.717, 1.165) is 57.8 Å². The lowest BCUT2D eigenvalue weighted by atomic mass is 9.96. The number of hydrogen-bond donors (Lipinski definition) is 12. The Bertz CT molecular complexity index is 1400. The Labute approximate surface area is 402 Å². The van der Waals surface area contributed by atoms with Crippen LogP contribution in [0.3, 0.4) is 0 Å². The van der Waals surface area contributed by atoms with Gasteiger partial charge < -0.3 is 89.9 Å². The first-order chi connectivity index (χ1) is 32.8. The van der Waals surface area contributed by atoms with E-state index in [0.29, 0.717) is 12.8 Å². The van der Waals surface area contributed by atoms with Gasteiger partial charge in [-0.2, -0.15) is 0 Å². The topological polar surface area (TPSA) is 307 Å². The zero-order valence-corrected chi connectivity index (χ0v) is 40.3. The number of amides is 1. The summed E-state index contributed by atoms with van der Waals surface area (Å²) in [5.74, 6) is -0.303. The molecule has 3 aliphatic heterocycles. The number of carbonyl (C=O) groups excluding carboxylic acids is 1. The molecule has 0 aromatic rings. The molecule has 0 spiro atoms. The number of aliphatic hydroxyl groups excluding tert-OH is 11. The number of carbonyl (C=O) groups is 1. The van der Waals surface area contributed by atoms with E-state index < -0.39 is 124 Å². The molecule has 19 heteroatoms. The van der Waals surface area contributed by atoms with Gasteiger partial charge >= 0.3 is 0 Å². The van der Waals surface area contributed by atoms with Gasteiger partial charge in [0.2, 0.25) is 5.91 Å². The molecule has 17 unspecified atom stereocenters. The summed E-state index contributed by atoms with van der Waals surface area (Å²) < 4.78 is 34.0. The Morgan fingerprint density at radius 3 is 1.47 bits per heavy atom. The van der Waals surface area contributed by atoms with Crippen molar-refractivity contribution >= 4 is 5.91 Å².